The first-order chi connectivity index (χ1) is 30.3. The summed E-state index contributed by atoms with van der Waals surface area (Å²) in [6.45, 7) is 0.886. The number of benzene rings is 5. The van der Waals surface area contributed by atoms with Crippen molar-refractivity contribution < 1.29 is 38.5 Å². The van der Waals surface area contributed by atoms with Gasteiger partial charge in [0, 0.05) is 54.7 Å². The molecular weight excluding hydrogens is 789 g/mol. The average molecular weight is 839 g/mol. The summed E-state index contributed by atoms with van der Waals surface area (Å²) in [4.78, 5) is 77.0. The van der Waals surface area contributed by atoms with Gasteiger partial charge in [-0.15, -0.1) is 0 Å². The van der Waals surface area contributed by atoms with Gasteiger partial charge in [0.05, 0.1) is 0 Å². The zero-order chi connectivity index (χ0) is 43.1. The van der Waals surface area contributed by atoms with E-state index in [2.05, 4.69) is 21.3 Å². The van der Waals surface area contributed by atoms with Crippen LogP contribution in [0.25, 0.3) is 0 Å². The van der Waals surface area contributed by atoms with E-state index < -0.39 is 12.1 Å². The number of hydrogen-bond donors (Lipinski definition) is 4. The lowest BCUT2D eigenvalue weighted by molar-refractivity contribution is -0.199. The Hall–Kier alpha value is -7.19. The predicted molar refractivity (Wildman–Crippen MR) is 236 cm³/mol. The van der Waals surface area contributed by atoms with Crippen LogP contribution in [0.15, 0.2) is 121 Å². The van der Waals surface area contributed by atoms with E-state index in [4.69, 9.17) is 14.5 Å². The molecule has 5 aromatic rings. The summed E-state index contributed by atoms with van der Waals surface area (Å²) in [5.41, 5.74) is 6.46. The smallest absolute Gasteiger partial charge is 0.410 e. The second kappa shape index (κ2) is 21.4. The number of rotatable bonds is 13. The van der Waals surface area contributed by atoms with E-state index in [-0.39, 0.29) is 30.3 Å². The molecule has 0 atom stereocenters. The highest BCUT2D eigenvalue weighted by molar-refractivity contribution is 6.02. The van der Waals surface area contributed by atoms with E-state index in [9.17, 15) is 24.0 Å². The van der Waals surface area contributed by atoms with Gasteiger partial charge in [-0.25, -0.2) is 14.4 Å². The van der Waals surface area contributed by atoms with Crippen LogP contribution < -0.4 is 30.9 Å². The van der Waals surface area contributed by atoms with Crippen molar-refractivity contribution >= 4 is 52.7 Å². The summed E-state index contributed by atoms with van der Waals surface area (Å²) < 4.78 is 5.49. The van der Waals surface area contributed by atoms with Crippen LogP contribution in [0, 0.1) is 0 Å². The minimum Gasteiger partial charge on any atom is -0.410 e. The van der Waals surface area contributed by atoms with Gasteiger partial charge in [-0.3, -0.25) is 24.7 Å². The van der Waals surface area contributed by atoms with Crippen LogP contribution in [-0.4, -0.2) is 59.6 Å². The van der Waals surface area contributed by atoms with Crippen molar-refractivity contribution in [1.29, 1.82) is 0 Å². The first-order valence-corrected chi connectivity index (χ1v) is 21.0. The Balaban J connectivity index is 0.835. The van der Waals surface area contributed by atoms with Crippen molar-refractivity contribution in [2.24, 2.45) is 0 Å². The average Bonchev–Trinajstić information content (AvgIpc) is 3.64. The minimum atomic E-state index is -0.686. The van der Waals surface area contributed by atoms with Crippen LogP contribution in [-0.2, 0) is 27.3 Å². The number of anilines is 4. The lowest BCUT2D eigenvalue weighted by Gasteiger charge is -2.20. The summed E-state index contributed by atoms with van der Waals surface area (Å²) in [5, 5.41) is 11.7. The summed E-state index contributed by atoms with van der Waals surface area (Å²) in [6.07, 6.45) is 6.29. The van der Waals surface area contributed by atoms with Crippen molar-refractivity contribution in [2.75, 3.05) is 41.1 Å². The first kappa shape index (κ1) is 42.9. The number of ether oxygens (including phenoxy) is 1. The molecule has 14 heteroatoms. The number of amides is 7. The Labute approximate surface area is 360 Å². The van der Waals surface area contributed by atoms with E-state index in [1.165, 1.54) is 15.9 Å². The maximum Gasteiger partial charge on any atom is 0.417 e. The molecule has 2 saturated heterocycles. The van der Waals surface area contributed by atoms with Crippen LogP contribution >= 0.6 is 0 Å². The maximum atomic E-state index is 13.0. The second-order valence-electron chi connectivity index (χ2n) is 15.1. The van der Waals surface area contributed by atoms with Gasteiger partial charge in [-0.05, 0) is 109 Å². The Morgan fingerprint density at radius 2 is 1.05 bits per heavy atom. The number of likely N-dealkylation sites (tertiary alicyclic amines) is 2. The Bertz CT molecular complexity index is 2350. The largest absolute Gasteiger partial charge is 0.417 e. The second-order valence-corrected chi connectivity index (χ2v) is 15.1. The summed E-state index contributed by atoms with van der Waals surface area (Å²) >= 11 is 0. The van der Waals surface area contributed by atoms with E-state index >= 15 is 0 Å². The maximum absolute atomic E-state index is 13.0. The molecule has 7 rings (SSSR count). The highest BCUT2D eigenvalue weighted by Crippen LogP contribution is 2.25. The zero-order valence-electron chi connectivity index (χ0n) is 34.4. The SMILES string of the molecule is O=C(Nc1ccc(Cc2ccccc2NC(=O)N2CCCCCC2=O)cc1)Oc1cccc(OOCNc2ccc(Cc3ccccc3NC(=O)N3CCCCCC3=O)cc2)c1. The molecule has 0 radical (unpaired) electrons. The van der Waals surface area contributed by atoms with E-state index in [0.717, 1.165) is 66.5 Å². The number of nitrogens with one attached hydrogen (secondary N) is 4. The normalized spacial score (nSPS) is 14.3. The van der Waals surface area contributed by atoms with Gasteiger partial charge < -0.3 is 25.6 Å². The number of hydrogen-bond acceptors (Lipinski definition) is 9. The van der Waals surface area contributed by atoms with Crippen molar-refractivity contribution in [3.63, 3.8) is 0 Å². The summed E-state index contributed by atoms with van der Waals surface area (Å²) in [5.74, 6) is 0.296. The Morgan fingerprint density at radius 3 is 1.61 bits per heavy atom. The third-order valence-corrected chi connectivity index (χ3v) is 10.6. The molecule has 0 spiro atoms. The molecule has 14 nitrogen and oxygen atoms in total. The van der Waals surface area contributed by atoms with Gasteiger partial charge in [0.15, 0.2) is 12.5 Å². The number of urea groups is 2. The fourth-order valence-electron chi connectivity index (χ4n) is 7.29. The molecule has 5 aromatic carbocycles. The zero-order valence-corrected chi connectivity index (χ0v) is 34.4. The van der Waals surface area contributed by atoms with E-state index in [1.807, 2.05) is 84.9 Å². The molecule has 0 saturated carbocycles. The van der Waals surface area contributed by atoms with Crippen LogP contribution in [0.4, 0.5) is 37.1 Å². The first-order valence-electron chi connectivity index (χ1n) is 21.0. The molecule has 4 N–H and O–H groups in total. The quantitative estimate of drug-likeness (QED) is 0.0391. The summed E-state index contributed by atoms with van der Waals surface area (Å²) in [6, 6.07) is 35.9. The fraction of sp³-hybridized carbons (Fsp3) is 0.271. The molecule has 2 aliphatic rings. The molecule has 2 heterocycles. The number of carbonyl (C=O) groups is 5. The number of para-hydroxylation sites is 2. The minimum absolute atomic E-state index is 0.0326. The van der Waals surface area contributed by atoms with Crippen LogP contribution in [0.5, 0.6) is 11.5 Å². The Kier molecular flexibility index (Phi) is 14.8. The molecule has 0 aliphatic carbocycles. The van der Waals surface area contributed by atoms with Crippen LogP contribution in [0.2, 0.25) is 0 Å². The van der Waals surface area contributed by atoms with Crippen molar-refractivity contribution in [2.45, 2.75) is 64.2 Å². The lowest BCUT2D eigenvalue weighted by atomic mass is 10.0. The van der Waals surface area contributed by atoms with Crippen molar-refractivity contribution in [3.05, 3.63) is 144 Å². The van der Waals surface area contributed by atoms with Gasteiger partial charge in [-0.1, -0.05) is 79.6 Å². The monoisotopic (exact) mass is 838 g/mol. The molecule has 2 aliphatic heterocycles. The topological polar surface area (TPSA) is 168 Å². The van der Waals surface area contributed by atoms with Gasteiger partial charge >= 0.3 is 18.2 Å². The Morgan fingerprint density at radius 1 is 0.532 bits per heavy atom. The predicted octanol–water partition coefficient (Wildman–Crippen LogP) is 9.73. The molecule has 0 aromatic heterocycles. The van der Waals surface area contributed by atoms with E-state index in [0.29, 0.717) is 61.6 Å². The molecule has 0 bridgehead atoms. The molecule has 7 amide bonds. The van der Waals surface area contributed by atoms with Crippen molar-refractivity contribution in [3.8, 4) is 11.5 Å². The molecule has 2 fully saturated rings. The lowest BCUT2D eigenvalue weighted by Crippen LogP contribution is -2.39. The van der Waals surface area contributed by atoms with Gasteiger partial charge in [0.25, 0.3) is 0 Å². The highest BCUT2D eigenvalue weighted by Gasteiger charge is 2.25. The standard InChI is InChI=1S/C48H50N6O8/c55-44-18-3-1-9-28-53(44)46(57)51-42-16-7-5-12-36(42)30-34-20-24-38(25-21-34)49-33-60-62-41-15-11-14-40(32-41)61-48(59)50-39-26-22-35(23-27-39)31-37-13-6-8-17-43(37)52-47(58)54-29-10-2-4-19-45(54)56/h5-8,11-17,20-27,32,49H,1-4,9-10,18-19,28-31,33H2,(H,50,59)(H,51,57)(H,52,58). The van der Waals surface area contributed by atoms with Gasteiger partial charge in [0.2, 0.25) is 11.8 Å². The van der Waals surface area contributed by atoms with Crippen LogP contribution in [0.3, 0.4) is 0 Å². The number of carbonyl (C=O) groups excluding carboxylic acids is 5. The molecule has 320 valence electrons. The highest BCUT2D eigenvalue weighted by atomic mass is 17.2. The third-order valence-electron chi connectivity index (χ3n) is 10.6. The third kappa shape index (κ3) is 12.2. The van der Waals surface area contributed by atoms with Gasteiger partial charge in [-0.2, -0.15) is 4.89 Å². The van der Waals surface area contributed by atoms with Gasteiger partial charge in [0.1, 0.15) is 5.75 Å². The fourth-order valence-corrected chi connectivity index (χ4v) is 7.29. The summed E-state index contributed by atoms with van der Waals surface area (Å²) in [7, 11) is 0. The number of imide groups is 2. The molecule has 62 heavy (non-hydrogen) atoms. The molecular formula is C48H50N6O8. The van der Waals surface area contributed by atoms with Crippen LogP contribution in [0.1, 0.15) is 73.6 Å². The molecule has 0 unspecified atom stereocenters. The van der Waals surface area contributed by atoms with Crippen molar-refractivity contribution in [1.82, 2.24) is 9.80 Å². The number of nitrogens with zero attached hydrogens (tertiary/aromatic N) is 2. The van der Waals surface area contributed by atoms with E-state index in [1.54, 1.807) is 30.3 Å².